The maximum atomic E-state index is 14.7. The third-order valence-corrected chi connectivity index (χ3v) is 5.60. The fourth-order valence-electron chi connectivity index (χ4n) is 4.06. The Labute approximate surface area is 195 Å². The Hall–Kier alpha value is -4.22. The van der Waals surface area contributed by atoms with Gasteiger partial charge in [-0.3, -0.25) is 19.4 Å². The number of benzene rings is 1. The first-order valence-electron chi connectivity index (χ1n) is 10.3. The third kappa shape index (κ3) is 4.72. The quantitative estimate of drug-likeness (QED) is 0.547. The van der Waals surface area contributed by atoms with E-state index in [-0.39, 0.29) is 35.7 Å². The van der Waals surface area contributed by atoms with Crippen molar-refractivity contribution in [3.63, 3.8) is 0 Å². The standard InChI is InChI=1S/C23H18F4N4O4/c1-13(32)31-10-8-22(20-17(31)3-2-9-28-20,30-21(34)14-4-7-19(33)29-12-14)15-5-6-18(16(24)11-15)35-23(25,26)27/h2-7,9,11-12H,8,10H2,1H3,(H,29,33)(H,30,34). The Bertz CT molecular complexity index is 1340. The van der Waals surface area contributed by atoms with Gasteiger partial charge in [0.15, 0.2) is 11.6 Å². The molecule has 0 fully saturated rings. The van der Waals surface area contributed by atoms with Crippen LogP contribution in [0.5, 0.6) is 5.75 Å². The van der Waals surface area contributed by atoms with Crippen LogP contribution in [-0.4, -0.2) is 34.7 Å². The van der Waals surface area contributed by atoms with E-state index in [9.17, 15) is 31.9 Å². The van der Waals surface area contributed by atoms with E-state index >= 15 is 0 Å². The smallest absolute Gasteiger partial charge is 0.403 e. The normalized spacial score (nSPS) is 17.5. The number of ether oxygens (including phenoxy) is 1. The van der Waals surface area contributed by atoms with Gasteiger partial charge >= 0.3 is 6.36 Å². The number of aromatic nitrogens is 2. The number of anilines is 1. The monoisotopic (exact) mass is 490 g/mol. The summed E-state index contributed by atoms with van der Waals surface area (Å²) in [7, 11) is 0. The number of pyridine rings is 2. The Balaban J connectivity index is 1.86. The highest BCUT2D eigenvalue weighted by atomic mass is 19.4. The molecule has 35 heavy (non-hydrogen) atoms. The zero-order valence-corrected chi connectivity index (χ0v) is 18.1. The summed E-state index contributed by atoms with van der Waals surface area (Å²) >= 11 is 0. The average molecular weight is 490 g/mol. The summed E-state index contributed by atoms with van der Waals surface area (Å²) < 4.78 is 56.4. The topological polar surface area (TPSA) is 104 Å². The highest BCUT2D eigenvalue weighted by molar-refractivity contribution is 5.96. The summed E-state index contributed by atoms with van der Waals surface area (Å²) in [6.07, 6.45) is -2.46. The first kappa shape index (κ1) is 23.9. The number of amides is 2. The van der Waals surface area contributed by atoms with E-state index in [2.05, 4.69) is 20.0 Å². The number of aromatic amines is 1. The molecule has 1 atom stereocenters. The fraction of sp³-hybridized carbons (Fsp3) is 0.217. The number of halogens is 4. The molecular formula is C23H18F4N4O4. The van der Waals surface area contributed by atoms with E-state index in [4.69, 9.17) is 0 Å². The number of carbonyl (C=O) groups is 2. The van der Waals surface area contributed by atoms with Crippen LogP contribution < -0.4 is 20.5 Å². The van der Waals surface area contributed by atoms with Crippen molar-refractivity contribution in [2.45, 2.75) is 25.2 Å². The van der Waals surface area contributed by atoms with Crippen molar-refractivity contribution in [1.82, 2.24) is 15.3 Å². The first-order chi connectivity index (χ1) is 16.5. The Morgan fingerprint density at radius 2 is 1.97 bits per heavy atom. The third-order valence-electron chi connectivity index (χ3n) is 5.60. The van der Waals surface area contributed by atoms with Crippen molar-refractivity contribution < 1.29 is 31.9 Å². The van der Waals surface area contributed by atoms with Gasteiger partial charge in [-0.25, -0.2) is 4.39 Å². The minimum absolute atomic E-state index is 0.0323. The number of rotatable bonds is 4. The summed E-state index contributed by atoms with van der Waals surface area (Å²) in [5.41, 5.74) is -1.24. The van der Waals surface area contributed by atoms with Gasteiger partial charge in [-0.05, 0) is 42.3 Å². The molecule has 1 aliphatic rings. The van der Waals surface area contributed by atoms with Crippen LogP contribution in [0.4, 0.5) is 23.2 Å². The van der Waals surface area contributed by atoms with Gasteiger partial charge in [-0.15, -0.1) is 13.2 Å². The van der Waals surface area contributed by atoms with E-state index in [1.165, 1.54) is 36.4 Å². The van der Waals surface area contributed by atoms with E-state index in [0.717, 1.165) is 18.2 Å². The summed E-state index contributed by atoms with van der Waals surface area (Å²) in [6.45, 7) is 1.45. The molecule has 0 aliphatic carbocycles. The lowest BCUT2D eigenvalue weighted by Crippen LogP contribution is -2.53. The molecule has 8 nitrogen and oxygen atoms in total. The van der Waals surface area contributed by atoms with E-state index in [1.807, 2.05) is 0 Å². The number of fused-ring (bicyclic) bond motifs is 1. The highest BCUT2D eigenvalue weighted by Crippen LogP contribution is 2.43. The molecule has 2 amide bonds. The van der Waals surface area contributed by atoms with Crippen LogP contribution in [0.15, 0.2) is 59.7 Å². The molecule has 0 saturated carbocycles. The number of nitrogens with zero attached hydrogens (tertiary/aromatic N) is 2. The predicted molar refractivity (Wildman–Crippen MR) is 115 cm³/mol. The van der Waals surface area contributed by atoms with Crippen molar-refractivity contribution in [2.75, 3.05) is 11.4 Å². The molecular weight excluding hydrogens is 472 g/mol. The van der Waals surface area contributed by atoms with Gasteiger partial charge in [0.2, 0.25) is 11.5 Å². The van der Waals surface area contributed by atoms with Crippen LogP contribution in [0.3, 0.4) is 0 Å². The fourth-order valence-corrected chi connectivity index (χ4v) is 4.06. The van der Waals surface area contributed by atoms with Crippen LogP contribution >= 0.6 is 0 Å². The Morgan fingerprint density at radius 1 is 1.20 bits per heavy atom. The van der Waals surface area contributed by atoms with Crippen molar-refractivity contribution >= 4 is 17.5 Å². The minimum atomic E-state index is -5.10. The SMILES string of the molecule is CC(=O)N1CCC(NC(=O)c2ccc(=O)[nH]c2)(c2ccc(OC(F)(F)F)c(F)c2)c2ncccc21. The molecule has 2 aromatic heterocycles. The lowest BCUT2D eigenvalue weighted by atomic mass is 9.79. The van der Waals surface area contributed by atoms with Crippen LogP contribution in [0.1, 0.15) is 35.0 Å². The molecule has 1 aromatic carbocycles. The number of H-pyrrole nitrogens is 1. The van der Waals surface area contributed by atoms with Gasteiger partial charge in [-0.1, -0.05) is 6.07 Å². The number of hydrogen-bond donors (Lipinski definition) is 2. The van der Waals surface area contributed by atoms with Gasteiger partial charge in [0.1, 0.15) is 5.54 Å². The first-order valence-corrected chi connectivity index (χ1v) is 10.3. The van der Waals surface area contributed by atoms with E-state index < -0.39 is 34.9 Å². The predicted octanol–water partition coefficient (Wildman–Crippen LogP) is 3.24. The van der Waals surface area contributed by atoms with Gasteiger partial charge in [0.05, 0.1) is 16.9 Å². The van der Waals surface area contributed by atoms with E-state index in [1.54, 1.807) is 12.1 Å². The number of alkyl halides is 3. The van der Waals surface area contributed by atoms with Crippen LogP contribution in [0.25, 0.3) is 0 Å². The second-order valence-corrected chi connectivity index (χ2v) is 7.79. The molecule has 1 unspecified atom stereocenters. The highest BCUT2D eigenvalue weighted by Gasteiger charge is 2.45. The number of carbonyl (C=O) groups excluding carboxylic acids is 2. The lowest BCUT2D eigenvalue weighted by Gasteiger charge is -2.43. The van der Waals surface area contributed by atoms with Gasteiger partial charge in [0, 0.05) is 31.9 Å². The van der Waals surface area contributed by atoms with Crippen molar-refractivity contribution in [3.05, 3.63) is 87.9 Å². The van der Waals surface area contributed by atoms with Crippen molar-refractivity contribution in [2.24, 2.45) is 0 Å². The second kappa shape index (κ2) is 8.85. The molecule has 3 aromatic rings. The Kier molecular flexibility index (Phi) is 6.05. The number of hydrogen-bond acceptors (Lipinski definition) is 5. The summed E-state index contributed by atoms with van der Waals surface area (Å²) in [6, 6.07) is 8.44. The summed E-state index contributed by atoms with van der Waals surface area (Å²) in [5, 5.41) is 2.80. The zero-order chi connectivity index (χ0) is 25.4. The number of nitrogens with one attached hydrogen (secondary N) is 2. The van der Waals surface area contributed by atoms with Crippen LogP contribution in [0.2, 0.25) is 0 Å². The Morgan fingerprint density at radius 3 is 2.60 bits per heavy atom. The van der Waals surface area contributed by atoms with E-state index in [0.29, 0.717) is 5.69 Å². The molecule has 2 N–H and O–H groups in total. The van der Waals surface area contributed by atoms with Crippen LogP contribution in [-0.2, 0) is 10.3 Å². The molecule has 3 heterocycles. The maximum absolute atomic E-state index is 14.7. The van der Waals surface area contributed by atoms with Crippen LogP contribution in [0, 0.1) is 5.82 Å². The molecule has 182 valence electrons. The molecule has 12 heteroatoms. The summed E-state index contributed by atoms with van der Waals surface area (Å²) in [5.74, 6) is -3.29. The molecule has 0 spiro atoms. The maximum Gasteiger partial charge on any atom is 0.573 e. The van der Waals surface area contributed by atoms with Crippen molar-refractivity contribution in [3.8, 4) is 5.75 Å². The van der Waals surface area contributed by atoms with Gasteiger partial charge in [0.25, 0.3) is 5.91 Å². The minimum Gasteiger partial charge on any atom is -0.403 e. The molecule has 0 bridgehead atoms. The van der Waals surface area contributed by atoms with Gasteiger partial charge < -0.3 is 19.9 Å². The summed E-state index contributed by atoms with van der Waals surface area (Å²) in [4.78, 5) is 44.9. The van der Waals surface area contributed by atoms with Gasteiger partial charge in [-0.2, -0.15) is 0 Å². The lowest BCUT2D eigenvalue weighted by molar-refractivity contribution is -0.275. The zero-order valence-electron chi connectivity index (χ0n) is 18.1. The van der Waals surface area contributed by atoms with Crippen molar-refractivity contribution in [1.29, 1.82) is 0 Å². The molecule has 0 saturated heterocycles. The molecule has 0 radical (unpaired) electrons. The largest absolute Gasteiger partial charge is 0.573 e. The molecule has 1 aliphatic heterocycles. The molecule has 4 rings (SSSR count). The second-order valence-electron chi connectivity index (χ2n) is 7.79. The average Bonchev–Trinajstić information content (AvgIpc) is 2.80.